The molecule has 0 saturated carbocycles. The quantitative estimate of drug-likeness (QED) is 0.656. The second-order valence-corrected chi connectivity index (χ2v) is 3.14. The van der Waals surface area contributed by atoms with Gasteiger partial charge in [-0.3, -0.25) is 0 Å². The summed E-state index contributed by atoms with van der Waals surface area (Å²) in [5, 5.41) is 3.08. The highest BCUT2D eigenvalue weighted by atomic mass is 19.3. The van der Waals surface area contributed by atoms with Gasteiger partial charge in [-0.2, -0.15) is 0 Å². The second kappa shape index (κ2) is 3.48. The molecule has 1 nitrogen and oxygen atoms in total. The number of halogens is 2. The van der Waals surface area contributed by atoms with Crippen molar-refractivity contribution in [2.45, 2.75) is 32.1 Å². The molecule has 1 fully saturated rings. The Kier molecular flexibility index (Phi) is 2.82. The van der Waals surface area contributed by atoms with Crippen LogP contribution >= 0.6 is 0 Å². The first-order valence-corrected chi connectivity index (χ1v) is 4.25. The molecule has 1 aliphatic rings. The number of hydrogen-bond acceptors (Lipinski definition) is 1. The van der Waals surface area contributed by atoms with E-state index in [2.05, 4.69) is 5.32 Å². The Balaban J connectivity index is 2.43. The molecule has 0 aromatic heterocycles. The summed E-state index contributed by atoms with van der Waals surface area (Å²) in [4.78, 5) is 0. The summed E-state index contributed by atoms with van der Waals surface area (Å²) in [6.07, 6.45) is 1.24. The van der Waals surface area contributed by atoms with Gasteiger partial charge in [0, 0.05) is 12.3 Å². The van der Waals surface area contributed by atoms with E-state index >= 15 is 0 Å². The second-order valence-electron chi connectivity index (χ2n) is 3.14. The van der Waals surface area contributed by atoms with Gasteiger partial charge in [-0.1, -0.05) is 6.92 Å². The third kappa shape index (κ3) is 2.12. The van der Waals surface area contributed by atoms with Crippen LogP contribution in [0.25, 0.3) is 0 Å². The average molecular weight is 163 g/mol. The lowest BCUT2D eigenvalue weighted by Gasteiger charge is -2.29. The smallest absolute Gasteiger partial charge is 0.250 e. The summed E-state index contributed by atoms with van der Waals surface area (Å²) in [7, 11) is 0. The number of hydrogen-bond donors (Lipinski definition) is 1. The summed E-state index contributed by atoms with van der Waals surface area (Å²) in [5.41, 5.74) is 0. The van der Waals surface area contributed by atoms with Gasteiger partial charge in [0.05, 0.1) is 0 Å². The number of rotatable bonds is 2. The van der Waals surface area contributed by atoms with Crippen molar-refractivity contribution in [2.75, 3.05) is 13.1 Å². The zero-order valence-electron chi connectivity index (χ0n) is 6.87. The lowest BCUT2D eigenvalue weighted by molar-refractivity contribution is -0.0710. The average Bonchev–Trinajstić information content (AvgIpc) is 2.06. The van der Waals surface area contributed by atoms with E-state index in [9.17, 15) is 8.78 Å². The molecular formula is C8H15F2N. The van der Waals surface area contributed by atoms with Gasteiger partial charge in [0.2, 0.25) is 0 Å². The van der Waals surface area contributed by atoms with E-state index < -0.39 is 5.92 Å². The molecule has 0 aromatic carbocycles. The van der Waals surface area contributed by atoms with Crippen molar-refractivity contribution in [1.29, 1.82) is 0 Å². The Bertz CT molecular complexity index is 119. The SMILES string of the molecule is CCC(F)(F)C1CCNCC1. The highest BCUT2D eigenvalue weighted by Crippen LogP contribution is 2.33. The van der Waals surface area contributed by atoms with Gasteiger partial charge in [-0.25, -0.2) is 8.78 Å². The lowest BCUT2D eigenvalue weighted by atomic mass is 9.90. The minimum absolute atomic E-state index is 0.0162. The van der Waals surface area contributed by atoms with Crippen LogP contribution in [-0.2, 0) is 0 Å². The van der Waals surface area contributed by atoms with Crippen molar-refractivity contribution < 1.29 is 8.78 Å². The van der Waals surface area contributed by atoms with Crippen molar-refractivity contribution >= 4 is 0 Å². The molecule has 0 atom stereocenters. The molecule has 0 bridgehead atoms. The van der Waals surface area contributed by atoms with Crippen LogP contribution in [0.5, 0.6) is 0 Å². The largest absolute Gasteiger partial charge is 0.317 e. The molecule has 0 amide bonds. The zero-order chi connectivity index (χ0) is 8.32. The van der Waals surface area contributed by atoms with E-state index in [-0.39, 0.29) is 12.3 Å². The first kappa shape index (κ1) is 8.91. The Morgan fingerprint density at radius 2 is 1.91 bits per heavy atom. The van der Waals surface area contributed by atoms with Gasteiger partial charge in [-0.15, -0.1) is 0 Å². The van der Waals surface area contributed by atoms with Crippen LogP contribution in [0, 0.1) is 5.92 Å². The molecule has 1 N–H and O–H groups in total. The molecule has 0 spiro atoms. The molecule has 66 valence electrons. The molecule has 0 radical (unpaired) electrons. The van der Waals surface area contributed by atoms with E-state index in [0.717, 1.165) is 13.1 Å². The molecule has 1 heterocycles. The molecule has 11 heavy (non-hydrogen) atoms. The third-order valence-electron chi connectivity index (χ3n) is 2.41. The number of alkyl halides is 2. The minimum atomic E-state index is -2.43. The maximum absolute atomic E-state index is 13.0. The fourth-order valence-electron chi connectivity index (χ4n) is 1.53. The van der Waals surface area contributed by atoms with E-state index in [1.807, 2.05) is 0 Å². The van der Waals surface area contributed by atoms with Crippen LogP contribution in [0.1, 0.15) is 26.2 Å². The van der Waals surface area contributed by atoms with Crippen molar-refractivity contribution in [1.82, 2.24) is 5.32 Å². The molecule has 3 heteroatoms. The highest BCUT2D eigenvalue weighted by Gasteiger charge is 2.37. The molecule has 1 aliphatic heterocycles. The van der Waals surface area contributed by atoms with Crippen molar-refractivity contribution in [3.8, 4) is 0 Å². The fourth-order valence-corrected chi connectivity index (χ4v) is 1.53. The van der Waals surface area contributed by atoms with Crippen LogP contribution in [-0.4, -0.2) is 19.0 Å². The summed E-state index contributed by atoms with van der Waals surface area (Å²) in [5.74, 6) is -2.81. The predicted octanol–water partition coefficient (Wildman–Crippen LogP) is 2.03. The summed E-state index contributed by atoms with van der Waals surface area (Å²) in [6, 6.07) is 0. The molecule has 0 aliphatic carbocycles. The Morgan fingerprint density at radius 3 is 2.36 bits per heavy atom. The van der Waals surface area contributed by atoms with E-state index in [4.69, 9.17) is 0 Å². The predicted molar refractivity (Wildman–Crippen MR) is 40.8 cm³/mol. The van der Waals surface area contributed by atoms with E-state index in [1.165, 1.54) is 0 Å². The van der Waals surface area contributed by atoms with E-state index in [1.54, 1.807) is 6.92 Å². The monoisotopic (exact) mass is 163 g/mol. The van der Waals surface area contributed by atoms with Gasteiger partial charge >= 0.3 is 0 Å². The van der Waals surface area contributed by atoms with Crippen LogP contribution in [0.4, 0.5) is 8.78 Å². The first-order valence-electron chi connectivity index (χ1n) is 4.25. The molecular weight excluding hydrogens is 148 g/mol. The summed E-state index contributed by atoms with van der Waals surface area (Å²) >= 11 is 0. The Labute approximate surface area is 66.2 Å². The van der Waals surface area contributed by atoms with Gasteiger partial charge in [-0.05, 0) is 25.9 Å². The minimum Gasteiger partial charge on any atom is -0.317 e. The number of piperidine rings is 1. The Morgan fingerprint density at radius 1 is 1.36 bits per heavy atom. The van der Waals surface area contributed by atoms with Crippen molar-refractivity contribution in [3.63, 3.8) is 0 Å². The third-order valence-corrected chi connectivity index (χ3v) is 2.41. The number of nitrogens with one attached hydrogen (secondary N) is 1. The molecule has 0 aromatic rings. The van der Waals surface area contributed by atoms with Crippen LogP contribution < -0.4 is 5.32 Å². The Hall–Kier alpha value is -0.180. The van der Waals surface area contributed by atoms with Gasteiger partial charge < -0.3 is 5.32 Å². The molecule has 0 unspecified atom stereocenters. The topological polar surface area (TPSA) is 12.0 Å². The molecule has 1 saturated heterocycles. The van der Waals surface area contributed by atoms with Crippen LogP contribution in [0.3, 0.4) is 0 Å². The van der Waals surface area contributed by atoms with E-state index in [0.29, 0.717) is 12.8 Å². The van der Waals surface area contributed by atoms with Crippen molar-refractivity contribution in [3.05, 3.63) is 0 Å². The maximum atomic E-state index is 13.0. The highest BCUT2D eigenvalue weighted by molar-refractivity contribution is 4.80. The van der Waals surface area contributed by atoms with Gasteiger partial charge in [0.15, 0.2) is 0 Å². The summed E-state index contributed by atoms with van der Waals surface area (Å²) < 4.78 is 26.0. The van der Waals surface area contributed by atoms with Crippen molar-refractivity contribution in [2.24, 2.45) is 5.92 Å². The van der Waals surface area contributed by atoms with Gasteiger partial charge in [0.25, 0.3) is 5.92 Å². The first-order chi connectivity index (χ1) is 5.17. The normalized spacial score (nSPS) is 22.1. The fraction of sp³-hybridized carbons (Fsp3) is 1.00. The van der Waals surface area contributed by atoms with Crippen LogP contribution in [0.15, 0.2) is 0 Å². The maximum Gasteiger partial charge on any atom is 0.250 e. The molecule has 1 rings (SSSR count). The zero-order valence-corrected chi connectivity index (χ0v) is 6.87. The summed E-state index contributed by atoms with van der Waals surface area (Å²) in [6.45, 7) is 3.06. The van der Waals surface area contributed by atoms with Gasteiger partial charge in [0.1, 0.15) is 0 Å². The standard InChI is InChI=1S/C8H15F2N/c1-2-8(9,10)7-3-5-11-6-4-7/h7,11H,2-6H2,1H3. The van der Waals surface area contributed by atoms with Crippen LogP contribution in [0.2, 0.25) is 0 Å². The lowest BCUT2D eigenvalue weighted by Crippen LogP contribution is -2.37.